The first-order chi connectivity index (χ1) is 13.7. The van der Waals surface area contributed by atoms with Gasteiger partial charge in [0.15, 0.2) is 11.5 Å². The highest BCUT2D eigenvalue weighted by atomic mass is 127. The summed E-state index contributed by atoms with van der Waals surface area (Å²) in [7, 11) is 0. The Labute approximate surface area is 179 Å². The van der Waals surface area contributed by atoms with Crippen molar-refractivity contribution in [3.8, 4) is 0 Å². The monoisotopic (exact) mass is 512 g/mol. The Bertz CT molecular complexity index is 1110. The molecule has 0 bridgehead atoms. The van der Waals surface area contributed by atoms with Gasteiger partial charge in [-0.05, 0) is 47.2 Å². The average Bonchev–Trinajstić information content (AvgIpc) is 3.11. The van der Waals surface area contributed by atoms with Crippen LogP contribution in [0, 0.1) is 15.2 Å². The Morgan fingerprint density at radius 2 is 2.14 bits per heavy atom. The van der Waals surface area contributed by atoms with Gasteiger partial charge in [0.1, 0.15) is 11.4 Å². The van der Waals surface area contributed by atoms with Gasteiger partial charge in [-0.2, -0.15) is 0 Å². The molecule has 1 amide bonds. The number of pyridine rings is 1. The molecule has 6 nitrogen and oxygen atoms in total. The zero-order valence-electron chi connectivity index (χ0n) is 15.6. The summed E-state index contributed by atoms with van der Waals surface area (Å²) in [6.45, 7) is 1.79. The summed E-state index contributed by atoms with van der Waals surface area (Å²) in [5, 5.41) is 10.4. The number of nitrogens with zero attached hydrogens (tertiary/aromatic N) is 3. The normalized spacial score (nSPS) is 16.7. The smallest absolute Gasteiger partial charge is 0.255 e. The van der Waals surface area contributed by atoms with Crippen LogP contribution in [0.2, 0.25) is 0 Å². The largest absolute Gasteiger partial charge is 0.385 e. The molecule has 4 rings (SSSR count). The van der Waals surface area contributed by atoms with Gasteiger partial charge in [0.05, 0.1) is 18.7 Å². The SMILES string of the molecule is C[C@H](N)C1(O)CN(C(=O)c2cn3ccnc3c(F)c2Cc2ccc(I)cc2F)C1. The lowest BCUT2D eigenvalue weighted by molar-refractivity contribution is -0.0931. The summed E-state index contributed by atoms with van der Waals surface area (Å²) < 4.78 is 31.8. The van der Waals surface area contributed by atoms with E-state index in [4.69, 9.17) is 5.73 Å². The second-order valence-corrected chi connectivity index (χ2v) is 8.71. The summed E-state index contributed by atoms with van der Waals surface area (Å²) in [5.74, 6) is -1.57. The molecule has 0 aliphatic carbocycles. The van der Waals surface area contributed by atoms with Crippen molar-refractivity contribution in [3.63, 3.8) is 0 Å². The summed E-state index contributed by atoms with van der Waals surface area (Å²) in [5.41, 5.74) is 5.15. The Morgan fingerprint density at radius 1 is 1.41 bits per heavy atom. The molecule has 1 saturated heterocycles. The molecule has 0 unspecified atom stereocenters. The molecule has 3 heterocycles. The molecule has 0 radical (unpaired) electrons. The van der Waals surface area contributed by atoms with Crippen LogP contribution in [-0.4, -0.2) is 50.0 Å². The lowest BCUT2D eigenvalue weighted by atomic mass is 9.86. The summed E-state index contributed by atoms with van der Waals surface area (Å²) in [6, 6.07) is 4.17. The molecule has 0 saturated carbocycles. The van der Waals surface area contributed by atoms with Gasteiger partial charge < -0.3 is 20.1 Å². The first-order valence-corrected chi connectivity index (χ1v) is 10.1. The van der Waals surface area contributed by atoms with E-state index in [1.54, 1.807) is 25.3 Å². The second kappa shape index (κ2) is 7.29. The molecule has 29 heavy (non-hydrogen) atoms. The van der Waals surface area contributed by atoms with Crippen molar-refractivity contribution in [2.45, 2.75) is 25.0 Å². The van der Waals surface area contributed by atoms with E-state index >= 15 is 4.39 Å². The summed E-state index contributed by atoms with van der Waals surface area (Å²) in [6.07, 6.45) is 4.38. The van der Waals surface area contributed by atoms with Gasteiger partial charge in [0, 0.05) is 40.2 Å². The molecule has 1 aliphatic heterocycles. The molecule has 0 spiro atoms. The molecule has 1 aromatic carbocycles. The fourth-order valence-electron chi connectivity index (χ4n) is 3.49. The van der Waals surface area contributed by atoms with Crippen LogP contribution in [0.3, 0.4) is 0 Å². The van der Waals surface area contributed by atoms with Crippen molar-refractivity contribution in [2.75, 3.05) is 13.1 Å². The van der Waals surface area contributed by atoms with Gasteiger partial charge >= 0.3 is 0 Å². The molecular weight excluding hydrogens is 493 g/mol. The summed E-state index contributed by atoms with van der Waals surface area (Å²) >= 11 is 2.00. The van der Waals surface area contributed by atoms with Crippen LogP contribution >= 0.6 is 22.6 Å². The maximum atomic E-state index is 15.2. The van der Waals surface area contributed by atoms with Crippen molar-refractivity contribution in [1.29, 1.82) is 0 Å². The van der Waals surface area contributed by atoms with Gasteiger partial charge in [-0.1, -0.05) is 6.07 Å². The number of aliphatic hydroxyl groups is 1. The molecule has 2 aromatic heterocycles. The molecule has 3 aromatic rings. The fourth-order valence-corrected chi connectivity index (χ4v) is 3.94. The number of carbonyl (C=O) groups excluding carboxylic acids is 1. The molecule has 1 aliphatic rings. The Balaban J connectivity index is 1.75. The number of carbonyl (C=O) groups is 1. The maximum absolute atomic E-state index is 15.2. The van der Waals surface area contributed by atoms with E-state index in [1.807, 2.05) is 22.6 Å². The van der Waals surface area contributed by atoms with Crippen LogP contribution in [0.1, 0.15) is 28.4 Å². The predicted molar refractivity (Wildman–Crippen MR) is 112 cm³/mol. The highest BCUT2D eigenvalue weighted by Gasteiger charge is 2.47. The second-order valence-electron chi connectivity index (χ2n) is 7.46. The molecule has 1 atom stereocenters. The Hall–Kier alpha value is -2.11. The standard InChI is InChI=1S/C20H19F2IN4O2/c1-11(24)20(29)9-27(10-20)19(28)15-8-26-5-4-25-18(26)17(22)14(15)6-12-2-3-13(23)7-16(12)21/h2-5,7-8,11,29H,6,9-10,24H2,1H3/t11-/m0/s1. The van der Waals surface area contributed by atoms with Crippen LogP contribution in [0.4, 0.5) is 8.78 Å². The minimum absolute atomic E-state index is 0.0599. The highest BCUT2D eigenvalue weighted by Crippen LogP contribution is 2.29. The number of imidazole rings is 1. The minimum Gasteiger partial charge on any atom is -0.385 e. The van der Waals surface area contributed by atoms with Crippen molar-refractivity contribution < 1.29 is 18.7 Å². The number of aromatic nitrogens is 2. The van der Waals surface area contributed by atoms with Crippen molar-refractivity contribution >= 4 is 34.1 Å². The van der Waals surface area contributed by atoms with E-state index in [2.05, 4.69) is 4.98 Å². The number of halogens is 3. The van der Waals surface area contributed by atoms with Crippen LogP contribution in [-0.2, 0) is 6.42 Å². The Kier molecular flexibility index (Phi) is 5.07. The van der Waals surface area contributed by atoms with Gasteiger partial charge in [0.25, 0.3) is 5.91 Å². The maximum Gasteiger partial charge on any atom is 0.255 e. The number of β-amino-alcohol motifs (C(OH)–C–C–N with tert-alkyl or cyclic N) is 1. The minimum atomic E-state index is -1.16. The zero-order chi connectivity index (χ0) is 20.9. The van der Waals surface area contributed by atoms with E-state index in [0.29, 0.717) is 0 Å². The van der Waals surface area contributed by atoms with Crippen LogP contribution < -0.4 is 5.73 Å². The third-order valence-electron chi connectivity index (χ3n) is 5.40. The number of nitrogens with two attached hydrogens (primary N) is 1. The molecule has 3 N–H and O–H groups in total. The predicted octanol–water partition coefficient (Wildman–Crippen LogP) is 2.34. The summed E-state index contributed by atoms with van der Waals surface area (Å²) in [4.78, 5) is 18.5. The molecule has 152 valence electrons. The van der Waals surface area contributed by atoms with Gasteiger partial charge in [0.2, 0.25) is 0 Å². The molecule has 1 fully saturated rings. The number of fused-ring (bicyclic) bond motifs is 1. The van der Waals surface area contributed by atoms with E-state index in [-0.39, 0.29) is 41.8 Å². The number of amides is 1. The first kappa shape index (κ1) is 20.2. The number of hydrogen-bond acceptors (Lipinski definition) is 4. The third kappa shape index (κ3) is 3.51. The van der Waals surface area contributed by atoms with E-state index < -0.39 is 29.2 Å². The zero-order valence-corrected chi connectivity index (χ0v) is 17.7. The lowest BCUT2D eigenvalue weighted by Gasteiger charge is -2.48. The van der Waals surface area contributed by atoms with Crippen LogP contribution in [0.5, 0.6) is 0 Å². The van der Waals surface area contributed by atoms with Crippen molar-refractivity contribution in [3.05, 3.63) is 68.7 Å². The van der Waals surface area contributed by atoms with E-state index in [0.717, 1.165) is 3.57 Å². The highest BCUT2D eigenvalue weighted by molar-refractivity contribution is 14.1. The van der Waals surface area contributed by atoms with Crippen molar-refractivity contribution in [2.24, 2.45) is 5.73 Å². The van der Waals surface area contributed by atoms with E-state index in [1.165, 1.54) is 27.8 Å². The number of benzene rings is 1. The third-order valence-corrected chi connectivity index (χ3v) is 6.07. The molecule has 9 heteroatoms. The lowest BCUT2D eigenvalue weighted by Crippen LogP contribution is -2.70. The topological polar surface area (TPSA) is 83.9 Å². The quantitative estimate of drug-likeness (QED) is 0.526. The molecular formula is C20H19F2IN4O2. The van der Waals surface area contributed by atoms with Gasteiger partial charge in [-0.25, -0.2) is 13.8 Å². The Morgan fingerprint density at radius 3 is 2.79 bits per heavy atom. The average molecular weight is 512 g/mol. The number of hydrogen-bond donors (Lipinski definition) is 2. The number of rotatable bonds is 4. The van der Waals surface area contributed by atoms with Crippen LogP contribution in [0.15, 0.2) is 36.8 Å². The van der Waals surface area contributed by atoms with Crippen LogP contribution in [0.25, 0.3) is 5.65 Å². The fraction of sp³-hybridized carbons (Fsp3) is 0.300. The number of likely N-dealkylation sites (tertiary alicyclic amines) is 1. The van der Waals surface area contributed by atoms with E-state index in [9.17, 15) is 14.3 Å². The van der Waals surface area contributed by atoms with Crippen molar-refractivity contribution in [1.82, 2.24) is 14.3 Å². The van der Waals surface area contributed by atoms with Gasteiger partial charge in [-0.3, -0.25) is 4.79 Å². The first-order valence-electron chi connectivity index (χ1n) is 9.05. The van der Waals surface area contributed by atoms with Gasteiger partial charge in [-0.15, -0.1) is 0 Å².